The van der Waals surface area contributed by atoms with Gasteiger partial charge in [0.05, 0.1) is 33.0 Å². The van der Waals surface area contributed by atoms with Crippen LogP contribution in [-0.4, -0.2) is 46.2 Å². The first kappa shape index (κ1) is 17.6. The Kier molecular flexibility index (Phi) is 11.9. The molecule has 0 fully saturated rings. The van der Waals surface area contributed by atoms with Crippen molar-refractivity contribution in [2.24, 2.45) is 0 Å². The molecule has 0 amide bonds. The Bertz CT molecular complexity index is 293. The highest BCUT2D eigenvalue weighted by Gasteiger charge is 1.93. The number of hydrogen-bond donors (Lipinski definition) is 1. The predicted octanol–water partition coefficient (Wildman–Crippen LogP) is 2.69. The topological polar surface area (TPSA) is 39.7 Å². The van der Waals surface area contributed by atoms with Crippen LogP contribution in [0, 0.1) is 0 Å². The minimum atomic E-state index is 0.641. The van der Waals surface area contributed by atoms with Crippen molar-refractivity contribution in [1.29, 1.82) is 0 Å². The molecule has 1 aromatic rings. The zero-order chi connectivity index (χ0) is 14.3. The van der Waals surface area contributed by atoms with Crippen LogP contribution in [0.15, 0.2) is 16.8 Å². The van der Waals surface area contributed by atoms with Crippen molar-refractivity contribution < 1.29 is 14.2 Å². The van der Waals surface area contributed by atoms with E-state index in [4.69, 9.17) is 14.2 Å². The van der Waals surface area contributed by atoms with Crippen LogP contribution in [0.1, 0.15) is 25.3 Å². The van der Waals surface area contributed by atoms with Crippen molar-refractivity contribution in [2.45, 2.75) is 26.3 Å². The Morgan fingerprint density at radius 3 is 2.35 bits per heavy atom. The third-order valence-electron chi connectivity index (χ3n) is 2.72. The van der Waals surface area contributed by atoms with Gasteiger partial charge in [0, 0.05) is 19.7 Å². The molecule has 0 atom stereocenters. The molecule has 1 heterocycles. The monoisotopic (exact) mass is 301 g/mol. The van der Waals surface area contributed by atoms with Crippen molar-refractivity contribution in [2.75, 3.05) is 46.2 Å². The SMILES string of the molecule is CCCCOCCOCCOCCNCc1ccsc1. The maximum atomic E-state index is 5.47. The average molecular weight is 301 g/mol. The normalized spacial score (nSPS) is 11.1. The molecule has 1 N–H and O–H groups in total. The van der Waals surface area contributed by atoms with Crippen molar-refractivity contribution in [3.8, 4) is 0 Å². The summed E-state index contributed by atoms with van der Waals surface area (Å²) in [7, 11) is 0. The lowest BCUT2D eigenvalue weighted by Crippen LogP contribution is -2.20. The molecule has 0 unspecified atom stereocenters. The van der Waals surface area contributed by atoms with E-state index in [0.717, 1.165) is 32.7 Å². The minimum absolute atomic E-state index is 0.641. The Labute approximate surface area is 126 Å². The molecule has 0 radical (unpaired) electrons. The van der Waals surface area contributed by atoms with Gasteiger partial charge < -0.3 is 19.5 Å². The lowest BCUT2D eigenvalue weighted by atomic mass is 10.3. The Balaban J connectivity index is 1.70. The molecule has 0 aromatic carbocycles. The highest BCUT2D eigenvalue weighted by molar-refractivity contribution is 7.07. The Morgan fingerprint density at radius 1 is 1.00 bits per heavy atom. The number of nitrogens with one attached hydrogen (secondary N) is 1. The Hall–Kier alpha value is -0.460. The summed E-state index contributed by atoms with van der Waals surface area (Å²) < 4.78 is 16.3. The molecule has 1 aromatic heterocycles. The van der Waals surface area contributed by atoms with E-state index in [1.165, 1.54) is 12.0 Å². The van der Waals surface area contributed by atoms with Crippen LogP contribution in [0.25, 0.3) is 0 Å². The summed E-state index contributed by atoms with van der Waals surface area (Å²) in [4.78, 5) is 0. The molecule has 5 heteroatoms. The van der Waals surface area contributed by atoms with Crippen molar-refractivity contribution in [3.05, 3.63) is 22.4 Å². The van der Waals surface area contributed by atoms with Gasteiger partial charge in [-0.3, -0.25) is 0 Å². The molecule has 0 saturated carbocycles. The van der Waals surface area contributed by atoms with Crippen LogP contribution in [0.3, 0.4) is 0 Å². The van der Waals surface area contributed by atoms with Gasteiger partial charge in [0.2, 0.25) is 0 Å². The summed E-state index contributed by atoms with van der Waals surface area (Å²) in [6, 6.07) is 2.13. The fraction of sp³-hybridized carbons (Fsp3) is 0.733. The van der Waals surface area contributed by atoms with Crippen LogP contribution in [0.5, 0.6) is 0 Å². The van der Waals surface area contributed by atoms with E-state index in [-0.39, 0.29) is 0 Å². The van der Waals surface area contributed by atoms with E-state index < -0.39 is 0 Å². The van der Waals surface area contributed by atoms with E-state index in [9.17, 15) is 0 Å². The van der Waals surface area contributed by atoms with Gasteiger partial charge in [-0.1, -0.05) is 13.3 Å². The van der Waals surface area contributed by atoms with Gasteiger partial charge in [-0.25, -0.2) is 0 Å². The fourth-order valence-electron chi connectivity index (χ4n) is 1.56. The molecule has 0 aliphatic rings. The van der Waals surface area contributed by atoms with Crippen molar-refractivity contribution >= 4 is 11.3 Å². The number of ether oxygens (including phenoxy) is 3. The molecular weight excluding hydrogens is 274 g/mol. The largest absolute Gasteiger partial charge is 0.379 e. The number of thiophene rings is 1. The lowest BCUT2D eigenvalue weighted by molar-refractivity contribution is 0.0146. The van der Waals surface area contributed by atoms with Crippen LogP contribution < -0.4 is 5.32 Å². The fourth-order valence-corrected chi connectivity index (χ4v) is 2.23. The summed E-state index contributed by atoms with van der Waals surface area (Å²) in [5.74, 6) is 0. The van der Waals surface area contributed by atoms with E-state index in [1.54, 1.807) is 11.3 Å². The molecule has 0 spiro atoms. The highest BCUT2D eigenvalue weighted by Crippen LogP contribution is 2.04. The predicted molar refractivity (Wildman–Crippen MR) is 83.4 cm³/mol. The van der Waals surface area contributed by atoms with E-state index in [0.29, 0.717) is 26.4 Å². The molecule has 20 heavy (non-hydrogen) atoms. The highest BCUT2D eigenvalue weighted by atomic mass is 32.1. The van der Waals surface area contributed by atoms with Gasteiger partial charge in [-0.2, -0.15) is 11.3 Å². The maximum Gasteiger partial charge on any atom is 0.0701 e. The summed E-state index contributed by atoms with van der Waals surface area (Å²) in [5.41, 5.74) is 1.33. The first-order chi connectivity index (χ1) is 9.93. The molecule has 1 rings (SSSR count). The van der Waals surface area contributed by atoms with Crippen molar-refractivity contribution in [3.63, 3.8) is 0 Å². The number of rotatable bonds is 14. The molecule has 0 bridgehead atoms. The summed E-state index contributed by atoms with van der Waals surface area (Å²) in [6.45, 7) is 8.13. The standard InChI is InChI=1S/C15H27NO3S/c1-2-3-6-17-8-10-19-11-9-18-7-5-16-13-15-4-12-20-14-15/h4,12,14,16H,2-3,5-11,13H2,1H3. The van der Waals surface area contributed by atoms with E-state index in [1.807, 2.05) is 0 Å². The Morgan fingerprint density at radius 2 is 1.70 bits per heavy atom. The van der Waals surface area contributed by atoms with Crippen LogP contribution >= 0.6 is 11.3 Å². The molecular formula is C15H27NO3S. The molecule has 4 nitrogen and oxygen atoms in total. The van der Waals surface area contributed by atoms with Crippen LogP contribution in [-0.2, 0) is 20.8 Å². The zero-order valence-corrected chi connectivity index (χ0v) is 13.3. The first-order valence-electron chi connectivity index (χ1n) is 7.38. The van der Waals surface area contributed by atoms with Crippen LogP contribution in [0.2, 0.25) is 0 Å². The second-order valence-electron chi connectivity index (χ2n) is 4.50. The molecule has 0 saturated heterocycles. The lowest BCUT2D eigenvalue weighted by Gasteiger charge is -2.07. The summed E-state index contributed by atoms with van der Waals surface area (Å²) in [6.07, 6.45) is 2.30. The quantitative estimate of drug-likeness (QED) is 0.536. The van der Waals surface area contributed by atoms with Gasteiger partial charge in [-0.15, -0.1) is 0 Å². The van der Waals surface area contributed by atoms with Gasteiger partial charge >= 0.3 is 0 Å². The number of unbranched alkanes of at least 4 members (excludes halogenated alkanes) is 1. The third kappa shape index (κ3) is 10.3. The minimum Gasteiger partial charge on any atom is -0.379 e. The number of hydrogen-bond acceptors (Lipinski definition) is 5. The van der Waals surface area contributed by atoms with Crippen molar-refractivity contribution in [1.82, 2.24) is 5.32 Å². The third-order valence-corrected chi connectivity index (χ3v) is 3.45. The van der Waals surface area contributed by atoms with Gasteiger partial charge in [0.15, 0.2) is 0 Å². The average Bonchev–Trinajstić information content (AvgIpc) is 2.97. The summed E-state index contributed by atoms with van der Waals surface area (Å²) in [5, 5.41) is 7.59. The maximum absolute atomic E-state index is 5.47. The summed E-state index contributed by atoms with van der Waals surface area (Å²) >= 11 is 1.73. The zero-order valence-electron chi connectivity index (χ0n) is 12.4. The first-order valence-corrected chi connectivity index (χ1v) is 8.32. The molecule has 0 aliphatic carbocycles. The van der Waals surface area contributed by atoms with Gasteiger partial charge in [0.1, 0.15) is 0 Å². The second kappa shape index (κ2) is 13.5. The second-order valence-corrected chi connectivity index (χ2v) is 5.28. The van der Waals surface area contributed by atoms with Gasteiger partial charge in [0.25, 0.3) is 0 Å². The molecule has 116 valence electrons. The molecule has 0 aliphatic heterocycles. The van der Waals surface area contributed by atoms with E-state index >= 15 is 0 Å². The van der Waals surface area contributed by atoms with Crippen LogP contribution in [0.4, 0.5) is 0 Å². The van der Waals surface area contributed by atoms with Gasteiger partial charge in [-0.05, 0) is 28.8 Å². The van der Waals surface area contributed by atoms with E-state index in [2.05, 4.69) is 29.1 Å². The smallest absolute Gasteiger partial charge is 0.0701 e.